The van der Waals surface area contributed by atoms with Crippen molar-refractivity contribution in [2.45, 2.75) is 0 Å². The Morgan fingerprint density at radius 2 is 1.83 bits per heavy atom. The summed E-state index contributed by atoms with van der Waals surface area (Å²) in [5.74, 6) is 7.20. The molecule has 0 amide bonds. The number of fused-ring (bicyclic) bond motifs is 1. The van der Waals surface area contributed by atoms with Crippen molar-refractivity contribution >= 4 is 16.9 Å². The molecule has 96 valence electrons. The first-order valence-electron chi connectivity index (χ1n) is 5.17. The summed E-state index contributed by atoms with van der Waals surface area (Å²) in [5, 5.41) is 0. The van der Waals surface area contributed by atoms with E-state index in [2.05, 4.69) is 15.4 Å². The number of nitrogens with one attached hydrogen (secondary N) is 1. The van der Waals surface area contributed by atoms with E-state index in [9.17, 15) is 0 Å². The monoisotopic (exact) mass is 250 g/mol. The number of benzene rings is 1. The van der Waals surface area contributed by atoms with Gasteiger partial charge < -0.3 is 19.6 Å². The van der Waals surface area contributed by atoms with Crippen LogP contribution in [0.5, 0.6) is 17.2 Å². The Morgan fingerprint density at radius 1 is 1.11 bits per heavy atom. The maximum absolute atomic E-state index is 5.32. The van der Waals surface area contributed by atoms with Gasteiger partial charge in [0.25, 0.3) is 0 Å². The number of nitrogen functional groups attached to an aromatic ring is 1. The van der Waals surface area contributed by atoms with Gasteiger partial charge in [0.05, 0.1) is 33.0 Å². The Hall–Kier alpha value is -2.28. The van der Waals surface area contributed by atoms with Crippen molar-refractivity contribution < 1.29 is 14.2 Å². The zero-order valence-electron chi connectivity index (χ0n) is 10.4. The summed E-state index contributed by atoms with van der Waals surface area (Å²) < 4.78 is 15.8. The molecule has 0 aliphatic carbocycles. The molecule has 0 saturated heterocycles. The third-order valence-corrected chi connectivity index (χ3v) is 2.49. The molecule has 1 aromatic heterocycles. The second kappa shape index (κ2) is 4.92. The fraction of sp³-hybridized carbons (Fsp3) is 0.273. The molecule has 0 saturated carbocycles. The molecule has 1 heterocycles. The normalized spacial score (nSPS) is 10.2. The van der Waals surface area contributed by atoms with E-state index in [4.69, 9.17) is 20.1 Å². The molecule has 2 aromatic rings. The third kappa shape index (κ3) is 1.84. The van der Waals surface area contributed by atoms with Crippen LogP contribution in [0.4, 0.5) is 5.82 Å². The van der Waals surface area contributed by atoms with Gasteiger partial charge in [0.15, 0.2) is 17.3 Å². The topological polar surface area (TPSA) is 91.5 Å². The molecular formula is C11H14N4O3. The number of hydrogen-bond donors (Lipinski definition) is 2. The molecule has 0 fully saturated rings. The minimum atomic E-state index is 0.438. The first kappa shape index (κ1) is 12.2. The summed E-state index contributed by atoms with van der Waals surface area (Å²) in [6.07, 6.45) is 1.52. The van der Waals surface area contributed by atoms with Crippen LogP contribution in [-0.2, 0) is 0 Å². The van der Waals surface area contributed by atoms with E-state index < -0.39 is 0 Å². The fourth-order valence-corrected chi connectivity index (χ4v) is 1.68. The number of aromatic nitrogens is 2. The molecule has 1 aromatic carbocycles. The van der Waals surface area contributed by atoms with Crippen LogP contribution in [0.1, 0.15) is 0 Å². The van der Waals surface area contributed by atoms with Gasteiger partial charge in [-0.1, -0.05) is 0 Å². The molecule has 3 N–H and O–H groups in total. The maximum Gasteiger partial charge on any atom is 0.205 e. The fourth-order valence-electron chi connectivity index (χ4n) is 1.68. The van der Waals surface area contributed by atoms with Crippen LogP contribution in [0.2, 0.25) is 0 Å². The zero-order chi connectivity index (χ0) is 13.1. The van der Waals surface area contributed by atoms with Gasteiger partial charge in [-0.2, -0.15) is 0 Å². The third-order valence-electron chi connectivity index (χ3n) is 2.49. The van der Waals surface area contributed by atoms with Crippen molar-refractivity contribution in [3.8, 4) is 17.2 Å². The van der Waals surface area contributed by atoms with Crippen LogP contribution in [0, 0.1) is 0 Å². The van der Waals surface area contributed by atoms with Gasteiger partial charge >= 0.3 is 0 Å². The number of nitrogens with two attached hydrogens (primary N) is 1. The molecule has 18 heavy (non-hydrogen) atoms. The highest BCUT2D eigenvalue weighted by Crippen LogP contribution is 2.42. The lowest BCUT2D eigenvalue weighted by atomic mass is 10.2. The van der Waals surface area contributed by atoms with Crippen molar-refractivity contribution in [3.63, 3.8) is 0 Å². The number of hydrazine groups is 1. The molecule has 0 aliphatic heterocycles. The summed E-state index contributed by atoms with van der Waals surface area (Å²) in [6.45, 7) is 0. The molecule has 2 rings (SSSR count). The number of ether oxygens (including phenoxy) is 3. The summed E-state index contributed by atoms with van der Waals surface area (Å²) in [7, 11) is 4.61. The first-order chi connectivity index (χ1) is 8.74. The Morgan fingerprint density at radius 3 is 2.39 bits per heavy atom. The van der Waals surface area contributed by atoms with Gasteiger partial charge in [0.2, 0.25) is 5.75 Å². The lowest BCUT2D eigenvalue weighted by molar-refractivity contribution is 0.326. The van der Waals surface area contributed by atoms with Crippen molar-refractivity contribution in [2.75, 3.05) is 26.8 Å². The quantitative estimate of drug-likeness (QED) is 0.616. The molecule has 7 nitrogen and oxygen atoms in total. The maximum atomic E-state index is 5.32. The predicted molar refractivity (Wildman–Crippen MR) is 67.0 cm³/mol. The van der Waals surface area contributed by atoms with Gasteiger partial charge in [-0.15, -0.1) is 0 Å². The highest BCUT2D eigenvalue weighted by Gasteiger charge is 2.17. The lowest BCUT2D eigenvalue weighted by Gasteiger charge is -2.14. The van der Waals surface area contributed by atoms with Crippen molar-refractivity contribution in [3.05, 3.63) is 12.3 Å². The van der Waals surface area contributed by atoms with E-state index in [1.165, 1.54) is 20.4 Å². The average Bonchev–Trinajstić information content (AvgIpc) is 2.44. The van der Waals surface area contributed by atoms with Gasteiger partial charge in [-0.3, -0.25) is 4.98 Å². The van der Waals surface area contributed by atoms with Crippen LogP contribution < -0.4 is 25.5 Å². The van der Waals surface area contributed by atoms with E-state index >= 15 is 0 Å². The highest BCUT2D eigenvalue weighted by molar-refractivity contribution is 5.87. The number of hydrogen-bond acceptors (Lipinski definition) is 7. The Kier molecular flexibility index (Phi) is 3.33. The molecule has 7 heteroatoms. The standard InChI is InChI=1S/C11H14N4O3/c1-16-7-4-6-9(11(18-3)10(7)17-2)14-8(15-12)5-13-6/h4-5H,12H2,1-3H3,(H,14,15). The summed E-state index contributed by atoms with van der Waals surface area (Å²) in [6, 6.07) is 1.73. The smallest absolute Gasteiger partial charge is 0.205 e. The first-order valence-corrected chi connectivity index (χ1v) is 5.17. The molecule has 0 aliphatic rings. The number of nitrogens with zero attached hydrogens (tertiary/aromatic N) is 2. The second-order valence-corrected chi connectivity index (χ2v) is 3.41. The van der Waals surface area contributed by atoms with Crippen molar-refractivity contribution in [2.24, 2.45) is 5.84 Å². The van der Waals surface area contributed by atoms with Gasteiger partial charge in [0.1, 0.15) is 5.52 Å². The minimum absolute atomic E-state index is 0.438. The molecule has 0 atom stereocenters. The van der Waals surface area contributed by atoms with Gasteiger partial charge in [-0.05, 0) is 0 Å². The molecule has 0 unspecified atom stereocenters. The summed E-state index contributed by atoms with van der Waals surface area (Å²) in [5.41, 5.74) is 3.61. The van der Waals surface area contributed by atoms with Crippen LogP contribution in [0.25, 0.3) is 11.0 Å². The molecule has 0 spiro atoms. The Balaban J connectivity index is 2.79. The van der Waals surface area contributed by atoms with Gasteiger partial charge in [-0.25, -0.2) is 10.8 Å². The summed E-state index contributed by atoms with van der Waals surface area (Å²) in [4.78, 5) is 8.51. The van der Waals surface area contributed by atoms with Gasteiger partial charge in [0, 0.05) is 6.07 Å². The summed E-state index contributed by atoms with van der Waals surface area (Å²) >= 11 is 0. The zero-order valence-corrected chi connectivity index (χ0v) is 10.4. The van der Waals surface area contributed by atoms with Crippen molar-refractivity contribution in [1.29, 1.82) is 0 Å². The minimum Gasteiger partial charge on any atom is -0.493 e. The van der Waals surface area contributed by atoms with E-state index in [0.717, 1.165) is 0 Å². The number of anilines is 1. The average molecular weight is 250 g/mol. The van der Waals surface area contributed by atoms with Crippen LogP contribution >= 0.6 is 0 Å². The molecular weight excluding hydrogens is 236 g/mol. The molecule has 0 bridgehead atoms. The van der Waals surface area contributed by atoms with Crippen LogP contribution in [0.15, 0.2) is 12.3 Å². The number of methoxy groups -OCH3 is 3. The SMILES string of the molecule is COc1cc2ncc(NN)nc2c(OC)c1OC. The van der Waals surface area contributed by atoms with Crippen molar-refractivity contribution in [1.82, 2.24) is 9.97 Å². The lowest BCUT2D eigenvalue weighted by Crippen LogP contribution is -2.09. The van der Waals surface area contributed by atoms with E-state index in [1.54, 1.807) is 13.2 Å². The largest absolute Gasteiger partial charge is 0.493 e. The second-order valence-electron chi connectivity index (χ2n) is 3.41. The molecule has 0 radical (unpaired) electrons. The van der Waals surface area contributed by atoms with E-state index in [1.807, 2.05) is 0 Å². The Labute approximate surface area is 104 Å². The predicted octanol–water partition coefficient (Wildman–Crippen LogP) is 0.941. The highest BCUT2D eigenvalue weighted by atomic mass is 16.5. The van der Waals surface area contributed by atoms with E-state index in [-0.39, 0.29) is 0 Å². The van der Waals surface area contributed by atoms with Crippen LogP contribution in [0.3, 0.4) is 0 Å². The van der Waals surface area contributed by atoms with Crippen LogP contribution in [-0.4, -0.2) is 31.3 Å². The Bertz CT molecular complexity index is 574. The number of rotatable bonds is 4. The van der Waals surface area contributed by atoms with E-state index in [0.29, 0.717) is 34.1 Å².